The van der Waals surface area contributed by atoms with Crippen molar-refractivity contribution in [1.82, 2.24) is 0 Å². The maximum atomic E-state index is 11.2. The first-order valence-electron chi connectivity index (χ1n) is 7.33. The number of amides is 1. The van der Waals surface area contributed by atoms with E-state index >= 15 is 0 Å². The fourth-order valence-corrected chi connectivity index (χ4v) is 2.46. The van der Waals surface area contributed by atoms with Crippen LogP contribution < -0.4 is 11.1 Å². The lowest BCUT2D eigenvalue weighted by Gasteiger charge is -2.21. The summed E-state index contributed by atoms with van der Waals surface area (Å²) in [6, 6.07) is 16.2. The van der Waals surface area contributed by atoms with Gasteiger partial charge in [-0.05, 0) is 42.7 Å². The molecule has 21 heavy (non-hydrogen) atoms. The molecular weight excluding hydrogens is 260 g/mol. The van der Waals surface area contributed by atoms with Gasteiger partial charge in [-0.25, -0.2) is 0 Å². The fourth-order valence-electron chi connectivity index (χ4n) is 2.46. The standard InChI is InChI=1S/C18H22N2O/c1-3-7-17(14-8-5-4-6-9-14)20-16-11-10-15(18(19)21)12-13(16)2/h4-6,8-12,17,20H,3,7H2,1-2H3,(H2,19,21). The minimum atomic E-state index is -0.391. The Balaban J connectivity index is 2.23. The third kappa shape index (κ3) is 3.85. The van der Waals surface area contributed by atoms with Gasteiger partial charge in [0, 0.05) is 11.3 Å². The van der Waals surface area contributed by atoms with Gasteiger partial charge in [-0.1, -0.05) is 43.7 Å². The van der Waals surface area contributed by atoms with Gasteiger partial charge in [-0.3, -0.25) is 4.79 Å². The molecule has 0 radical (unpaired) electrons. The van der Waals surface area contributed by atoms with Crippen molar-refractivity contribution in [3.8, 4) is 0 Å². The average Bonchev–Trinajstić information content (AvgIpc) is 2.49. The molecule has 1 atom stereocenters. The molecule has 2 rings (SSSR count). The highest BCUT2D eigenvalue weighted by molar-refractivity contribution is 5.93. The summed E-state index contributed by atoms with van der Waals surface area (Å²) in [6.07, 6.45) is 2.16. The van der Waals surface area contributed by atoms with Crippen molar-refractivity contribution >= 4 is 11.6 Å². The smallest absolute Gasteiger partial charge is 0.248 e. The van der Waals surface area contributed by atoms with Gasteiger partial charge < -0.3 is 11.1 Å². The molecule has 3 nitrogen and oxygen atoms in total. The zero-order valence-electron chi connectivity index (χ0n) is 12.6. The van der Waals surface area contributed by atoms with E-state index in [0.29, 0.717) is 5.56 Å². The van der Waals surface area contributed by atoms with E-state index in [4.69, 9.17) is 5.73 Å². The minimum absolute atomic E-state index is 0.273. The van der Waals surface area contributed by atoms with Crippen molar-refractivity contribution < 1.29 is 4.79 Å². The molecule has 0 aliphatic carbocycles. The Labute approximate surface area is 126 Å². The minimum Gasteiger partial charge on any atom is -0.378 e. The second-order valence-electron chi connectivity index (χ2n) is 5.29. The van der Waals surface area contributed by atoms with Gasteiger partial charge in [0.25, 0.3) is 0 Å². The van der Waals surface area contributed by atoms with Gasteiger partial charge in [0.05, 0.1) is 6.04 Å². The second kappa shape index (κ2) is 6.93. The van der Waals surface area contributed by atoms with Crippen LogP contribution in [0.25, 0.3) is 0 Å². The maximum absolute atomic E-state index is 11.2. The first-order chi connectivity index (χ1) is 10.1. The zero-order chi connectivity index (χ0) is 15.2. The Morgan fingerprint density at radius 1 is 1.19 bits per heavy atom. The van der Waals surface area contributed by atoms with E-state index < -0.39 is 5.91 Å². The summed E-state index contributed by atoms with van der Waals surface area (Å²) in [6.45, 7) is 4.17. The van der Waals surface area contributed by atoms with Crippen LogP contribution in [-0.4, -0.2) is 5.91 Å². The third-order valence-corrected chi connectivity index (χ3v) is 3.62. The Morgan fingerprint density at radius 3 is 2.48 bits per heavy atom. The van der Waals surface area contributed by atoms with E-state index in [1.807, 2.05) is 25.1 Å². The molecule has 0 spiro atoms. The summed E-state index contributed by atoms with van der Waals surface area (Å²) in [5.41, 5.74) is 9.21. The SMILES string of the molecule is CCCC(Nc1ccc(C(N)=O)cc1C)c1ccccc1. The maximum Gasteiger partial charge on any atom is 0.248 e. The quantitative estimate of drug-likeness (QED) is 0.840. The number of primary amides is 1. The van der Waals surface area contributed by atoms with Crippen LogP contribution in [-0.2, 0) is 0 Å². The predicted molar refractivity (Wildman–Crippen MR) is 87.4 cm³/mol. The van der Waals surface area contributed by atoms with E-state index in [-0.39, 0.29) is 6.04 Å². The Kier molecular flexibility index (Phi) is 4.99. The zero-order valence-corrected chi connectivity index (χ0v) is 12.6. The number of hydrogen-bond acceptors (Lipinski definition) is 2. The van der Waals surface area contributed by atoms with Gasteiger partial charge in [0.1, 0.15) is 0 Å². The molecule has 0 saturated carbocycles. The second-order valence-corrected chi connectivity index (χ2v) is 5.29. The molecule has 0 bridgehead atoms. The number of hydrogen-bond donors (Lipinski definition) is 2. The lowest BCUT2D eigenvalue weighted by Crippen LogP contribution is -2.13. The van der Waals surface area contributed by atoms with E-state index in [2.05, 4.69) is 36.5 Å². The molecule has 0 aliphatic heterocycles. The Bertz CT molecular complexity index is 608. The summed E-state index contributed by atoms with van der Waals surface area (Å²) in [5.74, 6) is -0.391. The van der Waals surface area contributed by atoms with Gasteiger partial charge in [-0.2, -0.15) is 0 Å². The van der Waals surface area contributed by atoms with Crippen LogP contribution >= 0.6 is 0 Å². The van der Waals surface area contributed by atoms with Crippen LogP contribution in [0.1, 0.15) is 47.3 Å². The average molecular weight is 282 g/mol. The highest BCUT2D eigenvalue weighted by atomic mass is 16.1. The molecule has 0 aliphatic rings. The molecule has 110 valence electrons. The van der Waals surface area contributed by atoms with Crippen molar-refractivity contribution in [1.29, 1.82) is 0 Å². The van der Waals surface area contributed by atoms with Gasteiger partial charge in [-0.15, -0.1) is 0 Å². The number of nitrogens with one attached hydrogen (secondary N) is 1. The lowest BCUT2D eigenvalue weighted by molar-refractivity contribution is 0.1000. The summed E-state index contributed by atoms with van der Waals surface area (Å²) in [7, 11) is 0. The van der Waals surface area contributed by atoms with Crippen LogP contribution in [0.5, 0.6) is 0 Å². The van der Waals surface area contributed by atoms with E-state index in [1.165, 1.54) is 5.56 Å². The van der Waals surface area contributed by atoms with Crippen LogP contribution in [0, 0.1) is 6.92 Å². The van der Waals surface area contributed by atoms with Crippen molar-refractivity contribution in [3.63, 3.8) is 0 Å². The molecule has 3 N–H and O–H groups in total. The third-order valence-electron chi connectivity index (χ3n) is 3.62. The summed E-state index contributed by atoms with van der Waals surface area (Å²) < 4.78 is 0. The number of nitrogens with two attached hydrogens (primary N) is 1. The normalized spacial score (nSPS) is 11.9. The Morgan fingerprint density at radius 2 is 1.90 bits per heavy atom. The molecule has 3 heteroatoms. The highest BCUT2D eigenvalue weighted by Crippen LogP contribution is 2.26. The van der Waals surface area contributed by atoms with Crippen molar-refractivity contribution in [2.24, 2.45) is 5.73 Å². The van der Waals surface area contributed by atoms with Crippen molar-refractivity contribution in [2.45, 2.75) is 32.7 Å². The molecular formula is C18H22N2O. The van der Waals surface area contributed by atoms with Crippen molar-refractivity contribution in [3.05, 3.63) is 65.2 Å². The molecule has 0 saturated heterocycles. The van der Waals surface area contributed by atoms with E-state index in [0.717, 1.165) is 24.1 Å². The van der Waals surface area contributed by atoms with Crippen molar-refractivity contribution in [2.75, 3.05) is 5.32 Å². The molecule has 0 fully saturated rings. The van der Waals surface area contributed by atoms with E-state index in [9.17, 15) is 4.79 Å². The monoisotopic (exact) mass is 282 g/mol. The number of anilines is 1. The van der Waals surface area contributed by atoms with Crippen LogP contribution in [0.3, 0.4) is 0 Å². The molecule has 1 amide bonds. The van der Waals surface area contributed by atoms with Crippen LogP contribution in [0.15, 0.2) is 48.5 Å². The molecule has 2 aromatic rings. The van der Waals surface area contributed by atoms with Crippen LogP contribution in [0.2, 0.25) is 0 Å². The van der Waals surface area contributed by atoms with Gasteiger partial charge in [0.2, 0.25) is 5.91 Å². The molecule has 2 aromatic carbocycles. The van der Waals surface area contributed by atoms with E-state index in [1.54, 1.807) is 6.07 Å². The topological polar surface area (TPSA) is 55.1 Å². The number of carbonyl (C=O) groups excluding carboxylic acids is 1. The summed E-state index contributed by atoms with van der Waals surface area (Å²) >= 11 is 0. The molecule has 1 unspecified atom stereocenters. The first-order valence-corrected chi connectivity index (χ1v) is 7.33. The number of aryl methyl sites for hydroxylation is 1. The number of benzene rings is 2. The van der Waals surface area contributed by atoms with Gasteiger partial charge in [0.15, 0.2) is 0 Å². The predicted octanol–water partition coefficient (Wildman–Crippen LogP) is 4.05. The number of carbonyl (C=O) groups is 1. The highest BCUT2D eigenvalue weighted by Gasteiger charge is 2.12. The molecule has 0 heterocycles. The largest absolute Gasteiger partial charge is 0.378 e. The van der Waals surface area contributed by atoms with Crippen LogP contribution in [0.4, 0.5) is 5.69 Å². The summed E-state index contributed by atoms with van der Waals surface area (Å²) in [5, 5.41) is 3.58. The lowest BCUT2D eigenvalue weighted by atomic mass is 10.0. The first kappa shape index (κ1) is 15.1. The molecule has 0 aromatic heterocycles. The fraction of sp³-hybridized carbons (Fsp3) is 0.278. The van der Waals surface area contributed by atoms with Gasteiger partial charge >= 0.3 is 0 Å². The summed E-state index contributed by atoms with van der Waals surface area (Å²) in [4.78, 5) is 11.2. The Hall–Kier alpha value is -2.29. The number of rotatable bonds is 6.